The van der Waals surface area contributed by atoms with Gasteiger partial charge in [0.2, 0.25) is 5.95 Å². The Labute approximate surface area is 88.7 Å². The highest BCUT2D eigenvalue weighted by Gasteiger charge is 2.13. The van der Waals surface area contributed by atoms with E-state index in [0.717, 1.165) is 24.2 Å². The van der Waals surface area contributed by atoms with Gasteiger partial charge in [-0.25, -0.2) is 4.98 Å². The van der Waals surface area contributed by atoms with Gasteiger partial charge in [-0.2, -0.15) is 0 Å². The Bertz CT molecular complexity index is 290. The summed E-state index contributed by atoms with van der Waals surface area (Å²) < 4.78 is 0. The summed E-state index contributed by atoms with van der Waals surface area (Å²) in [6, 6.07) is 0. The minimum Gasteiger partial charge on any atom is -0.349 e. The van der Waals surface area contributed by atoms with Crippen LogP contribution in [0.4, 0.5) is 5.95 Å². The van der Waals surface area contributed by atoms with Crippen molar-refractivity contribution < 1.29 is 0 Å². The van der Waals surface area contributed by atoms with E-state index in [-0.39, 0.29) is 0 Å². The number of hydrogen-bond acceptors (Lipinski definition) is 2. The van der Waals surface area contributed by atoms with Crippen LogP contribution in [0.15, 0.2) is 12.4 Å². The lowest BCUT2D eigenvalue weighted by Crippen LogP contribution is -2.38. The molecule has 2 N–H and O–H groups in total. The monoisotopic (exact) mass is 210 g/mol. The predicted molar refractivity (Wildman–Crippen MR) is 60.2 cm³/mol. The molecule has 0 bridgehead atoms. The van der Waals surface area contributed by atoms with Crippen LogP contribution in [0.5, 0.6) is 0 Å². The van der Waals surface area contributed by atoms with Gasteiger partial charge in [-0.1, -0.05) is 0 Å². The van der Waals surface area contributed by atoms with Gasteiger partial charge in [-0.05, 0) is 31.5 Å². The number of thiocarbonyl (C=S) groups is 1. The van der Waals surface area contributed by atoms with Crippen molar-refractivity contribution in [2.75, 3.05) is 18.4 Å². The van der Waals surface area contributed by atoms with Gasteiger partial charge in [-0.15, -0.1) is 0 Å². The van der Waals surface area contributed by atoms with Gasteiger partial charge < -0.3 is 15.2 Å². The van der Waals surface area contributed by atoms with E-state index < -0.39 is 0 Å². The molecule has 1 aliphatic heterocycles. The van der Waals surface area contributed by atoms with Gasteiger partial charge in [0.05, 0.1) is 0 Å². The molecule has 0 aliphatic carbocycles. The largest absolute Gasteiger partial charge is 0.349 e. The fourth-order valence-corrected chi connectivity index (χ4v) is 1.89. The van der Waals surface area contributed by atoms with E-state index >= 15 is 0 Å². The molecule has 0 spiro atoms. The lowest BCUT2D eigenvalue weighted by molar-refractivity contribution is 0.346. The molecule has 1 saturated heterocycles. The van der Waals surface area contributed by atoms with Crippen molar-refractivity contribution in [1.82, 2.24) is 14.9 Å². The lowest BCUT2D eigenvalue weighted by atomic mass is 10.1. The molecule has 0 unspecified atom stereocenters. The molecule has 4 nitrogen and oxygen atoms in total. The topological polar surface area (TPSA) is 44.0 Å². The van der Waals surface area contributed by atoms with Gasteiger partial charge in [0, 0.05) is 25.5 Å². The molecule has 0 atom stereocenters. The Kier molecular flexibility index (Phi) is 2.98. The number of aromatic nitrogens is 2. The van der Waals surface area contributed by atoms with Crippen LogP contribution in [-0.2, 0) is 0 Å². The molecule has 0 radical (unpaired) electrons. The number of aromatic amines is 1. The van der Waals surface area contributed by atoms with Crippen LogP contribution >= 0.6 is 12.2 Å². The number of nitrogens with one attached hydrogen (secondary N) is 2. The van der Waals surface area contributed by atoms with E-state index in [0.29, 0.717) is 0 Å². The maximum Gasteiger partial charge on any atom is 0.206 e. The summed E-state index contributed by atoms with van der Waals surface area (Å²) in [5.74, 6) is 0.723. The quantitative estimate of drug-likeness (QED) is 0.691. The average molecular weight is 210 g/mol. The van der Waals surface area contributed by atoms with Crippen LogP contribution in [0.3, 0.4) is 0 Å². The maximum absolute atomic E-state index is 5.28. The number of piperidine rings is 1. The van der Waals surface area contributed by atoms with Gasteiger partial charge in [0.25, 0.3) is 0 Å². The number of anilines is 1. The molecular formula is C9H14N4S. The van der Waals surface area contributed by atoms with Crippen molar-refractivity contribution >= 4 is 23.3 Å². The molecule has 2 heterocycles. The van der Waals surface area contributed by atoms with Crippen LogP contribution < -0.4 is 5.32 Å². The number of likely N-dealkylation sites (tertiary alicyclic amines) is 1. The second kappa shape index (κ2) is 4.41. The SMILES string of the molecule is S=C(Nc1ncc[nH]1)N1CCCCC1. The number of nitrogens with zero attached hydrogens (tertiary/aromatic N) is 2. The van der Waals surface area contributed by atoms with Crippen molar-refractivity contribution in [2.45, 2.75) is 19.3 Å². The summed E-state index contributed by atoms with van der Waals surface area (Å²) in [5, 5.41) is 3.86. The highest BCUT2D eigenvalue weighted by Crippen LogP contribution is 2.10. The number of rotatable bonds is 1. The first-order chi connectivity index (χ1) is 6.86. The third-order valence-electron chi connectivity index (χ3n) is 2.37. The van der Waals surface area contributed by atoms with E-state index in [1.54, 1.807) is 12.4 Å². The molecule has 0 aromatic carbocycles. The number of hydrogen-bond donors (Lipinski definition) is 2. The molecule has 1 aromatic heterocycles. The summed E-state index contributed by atoms with van der Waals surface area (Å²) in [5.41, 5.74) is 0. The molecular weight excluding hydrogens is 196 g/mol. The van der Waals surface area contributed by atoms with Crippen molar-refractivity contribution in [2.24, 2.45) is 0 Å². The number of H-pyrrole nitrogens is 1. The van der Waals surface area contributed by atoms with Crippen LogP contribution in [0.2, 0.25) is 0 Å². The summed E-state index contributed by atoms with van der Waals surface area (Å²) in [6.07, 6.45) is 7.28. The van der Waals surface area contributed by atoms with Crippen molar-refractivity contribution in [3.05, 3.63) is 12.4 Å². The minimum absolute atomic E-state index is 0.723. The summed E-state index contributed by atoms with van der Waals surface area (Å²) in [6.45, 7) is 2.12. The van der Waals surface area contributed by atoms with E-state index in [2.05, 4.69) is 20.2 Å². The Morgan fingerprint density at radius 1 is 1.43 bits per heavy atom. The maximum atomic E-state index is 5.28. The average Bonchev–Trinajstić information content (AvgIpc) is 2.72. The normalized spacial score (nSPS) is 16.7. The van der Waals surface area contributed by atoms with Crippen molar-refractivity contribution in [3.8, 4) is 0 Å². The Balaban J connectivity index is 1.88. The first kappa shape index (κ1) is 9.45. The molecule has 14 heavy (non-hydrogen) atoms. The molecule has 1 aliphatic rings. The van der Waals surface area contributed by atoms with Crippen LogP contribution in [0, 0.1) is 0 Å². The highest BCUT2D eigenvalue weighted by atomic mass is 32.1. The van der Waals surface area contributed by atoms with Gasteiger partial charge in [-0.3, -0.25) is 0 Å². The van der Waals surface area contributed by atoms with Gasteiger partial charge >= 0.3 is 0 Å². The molecule has 0 amide bonds. The molecule has 1 fully saturated rings. The van der Waals surface area contributed by atoms with E-state index in [1.807, 2.05) is 0 Å². The summed E-state index contributed by atoms with van der Waals surface area (Å²) in [7, 11) is 0. The first-order valence-electron chi connectivity index (χ1n) is 4.91. The van der Waals surface area contributed by atoms with Crippen molar-refractivity contribution in [1.29, 1.82) is 0 Å². The Morgan fingerprint density at radius 2 is 2.21 bits per heavy atom. The first-order valence-corrected chi connectivity index (χ1v) is 5.32. The zero-order valence-corrected chi connectivity index (χ0v) is 8.81. The minimum atomic E-state index is 0.723. The van der Waals surface area contributed by atoms with Crippen molar-refractivity contribution in [3.63, 3.8) is 0 Å². The molecule has 2 rings (SSSR count). The molecule has 0 saturated carbocycles. The third kappa shape index (κ3) is 2.23. The Hall–Kier alpha value is -1.10. The molecule has 5 heteroatoms. The second-order valence-electron chi connectivity index (χ2n) is 3.42. The second-order valence-corrected chi connectivity index (χ2v) is 3.80. The van der Waals surface area contributed by atoms with Gasteiger partial charge in [0.1, 0.15) is 0 Å². The predicted octanol–water partition coefficient (Wildman–Crippen LogP) is 1.59. The van der Waals surface area contributed by atoms with Crippen LogP contribution in [0.1, 0.15) is 19.3 Å². The van der Waals surface area contributed by atoms with Crippen LogP contribution in [-0.4, -0.2) is 33.1 Å². The van der Waals surface area contributed by atoms with E-state index in [4.69, 9.17) is 12.2 Å². The van der Waals surface area contributed by atoms with Gasteiger partial charge in [0.15, 0.2) is 5.11 Å². The van der Waals surface area contributed by atoms with E-state index in [1.165, 1.54) is 19.3 Å². The molecule has 76 valence electrons. The standard InChI is InChI=1S/C9H14N4S/c14-9(12-8-10-4-5-11-8)13-6-2-1-3-7-13/h4-5H,1-3,6-7H2,(H2,10,11,12,14). The molecule has 1 aromatic rings. The fourth-order valence-electron chi connectivity index (χ4n) is 1.61. The Morgan fingerprint density at radius 3 is 2.86 bits per heavy atom. The zero-order chi connectivity index (χ0) is 9.80. The number of imidazole rings is 1. The summed E-state index contributed by atoms with van der Waals surface area (Å²) in [4.78, 5) is 9.24. The summed E-state index contributed by atoms with van der Waals surface area (Å²) >= 11 is 5.28. The third-order valence-corrected chi connectivity index (χ3v) is 2.73. The van der Waals surface area contributed by atoms with E-state index in [9.17, 15) is 0 Å². The lowest BCUT2D eigenvalue weighted by Gasteiger charge is -2.28. The highest BCUT2D eigenvalue weighted by molar-refractivity contribution is 7.80. The smallest absolute Gasteiger partial charge is 0.206 e. The zero-order valence-electron chi connectivity index (χ0n) is 7.99. The fraction of sp³-hybridized carbons (Fsp3) is 0.556. The van der Waals surface area contributed by atoms with Crippen LogP contribution in [0.25, 0.3) is 0 Å².